The molecule has 3 heteroatoms. The molecule has 0 aromatic rings. The smallest absolute Gasteiger partial charge is 0.319 e. The number of rotatable bonds is 1. The van der Waals surface area contributed by atoms with Gasteiger partial charge in [-0.05, 0) is 31.1 Å². The molecule has 0 bridgehead atoms. The molecule has 0 spiro atoms. The highest BCUT2D eigenvalue weighted by molar-refractivity contribution is 5.74. The van der Waals surface area contributed by atoms with E-state index in [4.69, 9.17) is 0 Å². The fourth-order valence-corrected chi connectivity index (χ4v) is 3.05. The van der Waals surface area contributed by atoms with Crippen LogP contribution < -0.4 is 0 Å². The summed E-state index contributed by atoms with van der Waals surface area (Å²) in [5, 5.41) is 0. The number of urea groups is 1. The lowest BCUT2D eigenvalue weighted by Gasteiger charge is -2.40. The van der Waals surface area contributed by atoms with Crippen molar-refractivity contribution in [1.82, 2.24) is 9.80 Å². The largest absolute Gasteiger partial charge is 0.325 e. The van der Waals surface area contributed by atoms with Crippen molar-refractivity contribution in [3.05, 3.63) is 0 Å². The molecule has 2 aliphatic rings. The predicted molar refractivity (Wildman–Crippen MR) is 74.6 cm³/mol. The maximum atomic E-state index is 12.5. The SMILES string of the molecule is CCC1(C)CCN(C(=O)N2CCCCCC2)CC1. The monoisotopic (exact) mass is 252 g/mol. The first kappa shape index (κ1) is 13.7. The second-order valence-electron chi connectivity index (χ2n) is 6.34. The minimum absolute atomic E-state index is 0.301. The van der Waals surface area contributed by atoms with E-state index < -0.39 is 0 Å². The molecule has 104 valence electrons. The summed E-state index contributed by atoms with van der Waals surface area (Å²) in [5.74, 6) is 0. The van der Waals surface area contributed by atoms with Gasteiger partial charge in [0.1, 0.15) is 0 Å². The molecular weight excluding hydrogens is 224 g/mol. The zero-order valence-corrected chi connectivity index (χ0v) is 12.1. The van der Waals surface area contributed by atoms with E-state index in [2.05, 4.69) is 23.6 Å². The van der Waals surface area contributed by atoms with Crippen molar-refractivity contribution >= 4 is 6.03 Å². The quantitative estimate of drug-likeness (QED) is 0.700. The number of carbonyl (C=O) groups is 1. The molecular formula is C15H28N2O. The van der Waals surface area contributed by atoms with E-state index in [1.54, 1.807) is 0 Å². The minimum Gasteiger partial charge on any atom is -0.325 e. The Labute approximate surface area is 112 Å². The van der Waals surface area contributed by atoms with Crippen molar-refractivity contribution in [2.45, 2.75) is 58.8 Å². The third-order valence-corrected chi connectivity index (χ3v) is 4.97. The summed E-state index contributed by atoms with van der Waals surface area (Å²) < 4.78 is 0. The van der Waals surface area contributed by atoms with Crippen LogP contribution in [0.2, 0.25) is 0 Å². The summed E-state index contributed by atoms with van der Waals surface area (Å²) in [5.41, 5.74) is 0.468. The van der Waals surface area contributed by atoms with Crippen LogP contribution in [0.1, 0.15) is 58.8 Å². The van der Waals surface area contributed by atoms with Gasteiger partial charge in [-0.15, -0.1) is 0 Å². The Morgan fingerprint density at radius 1 is 0.944 bits per heavy atom. The topological polar surface area (TPSA) is 23.6 Å². The average molecular weight is 252 g/mol. The summed E-state index contributed by atoms with van der Waals surface area (Å²) >= 11 is 0. The summed E-state index contributed by atoms with van der Waals surface area (Å²) in [7, 11) is 0. The van der Waals surface area contributed by atoms with Crippen LogP contribution in [0, 0.1) is 5.41 Å². The Morgan fingerprint density at radius 2 is 1.44 bits per heavy atom. The Morgan fingerprint density at radius 3 is 1.94 bits per heavy atom. The highest BCUT2D eigenvalue weighted by Gasteiger charge is 2.32. The first-order valence-electron chi connectivity index (χ1n) is 7.68. The fourth-order valence-electron chi connectivity index (χ4n) is 3.05. The number of piperidine rings is 1. The van der Waals surface area contributed by atoms with Crippen LogP contribution in [-0.2, 0) is 0 Å². The van der Waals surface area contributed by atoms with Gasteiger partial charge in [-0.2, -0.15) is 0 Å². The van der Waals surface area contributed by atoms with Gasteiger partial charge in [-0.25, -0.2) is 4.79 Å². The molecule has 0 aromatic heterocycles. The molecule has 2 aliphatic heterocycles. The second kappa shape index (κ2) is 5.94. The molecule has 0 unspecified atom stereocenters. The van der Waals surface area contributed by atoms with Gasteiger partial charge in [-0.1, -0.05) is 33.1 Å². The van der Waals surface area contributed by atoms with Gasteiger partial charge in [0.25, 0.3) is 0 Å². The van der Waals surface area contributed by atoms with Gasteiger partial charge in [0.15, 0.2) is 0 Å². The van der Waals surface area contributed by atoms with Gasteiger partial charge >= 0.3 is 6.03 Å². The van der Waals surface area contributed by atoms with Gasteiger partial charge in [0.05, 0.1) is 0 Å². The highest BCUT2D eigenvalue weighted by atomic mass is 16.2. The number of amides is 2. The number of hydrogen-bond acceptors (Lipinski definition) is 1. The Balaban J connectivity index is 1.86. The maximum Gasteiger partial charge on any atom is 0.319 e. The average Bonchev–Trinajstić information content (AvgIpc) is 2.68. The van der Waals surface area contributed by atoms with E-state index in [0.717, 1.165) is 26.2 Å². The van der Waals surface area contributed by atoms with Crippen molar-refractivity contribution in [1.29, 1.82) is 0 Å². The van der Waals surface area contributed by atoms with Crippen LogP contribution >= 0.6 is 0 Å². The van der Waals surface area contributed by atoms with Crippen molar-refractivity contribution in [3.8, 4) is 0 Å². The minimum atomic E-state index is 0.301. The molecule has 0 aromatic carbocycles. The standard InChI is InChI=1S/C15H28N2O/c1-3-15(2)8-12-17(13-9-15)14(18)16-10-6-4-5-7-11-16/h3-13H2,1-2H3. The zero-order chi connectivity index (χ0) is 13.0. The molecule has 0 radical (unpaired) electrons. The molecule has 18 heavy (non-hydrogen) atoms. The van der Waals surface area contributed by atoms with Gasteiger partial charge in [0, 0.05) is 26.2 Å². The molecule has 2 heterocycles. The predicted octanol–water partition coefficient (Wildman–Crippen LogP) is 3.49. The van der Waals surface area contributed by atoms with Crippen LogP contribution in [0.4, 0.5) is 4.79 Å². The molecule has 0 saturated carbocycles. The van der Waals surface area contributed by atoms with Gasteiger partial charge < -0.3 is 9.80 Å². The third kappa shape index (κ3) is 3.18. The lowest BCUT2D eigenvalue weighted by molar-refractivity contribution is 0.103. The van der Waals surface area contributed by atoms with Gasteiger partial charge in [0.2, 0.25) is 0 Å². The molecule has 2 amide bonds. The molecule has 3 nitrogen and oxygen atoms in total. The fraction of sp³-hybridized carbons (Fsp3) is 0.933. The van der Waals surface area contributed by atoms with Crippen molar-refractivity contribution in [2.75, 3.05) is 26.2 Å². The van der Waals surface area contributed by atoms with E-state index in [9.17, 15) is 4.79 Å². The first-order valence-corrected chi connectivity index (χ1v) is 7.68. The normalized spacial score (nSPS) is 24.8. The maximum absolute atomic E-state index is 12.5. The zero-order valence-electron chi connectivity index (χ0n) is 12.1. The molecule has 0 N–H and O–H groups in total. The Bertz CT molecular complexity index is 274. The molecule has 0 aliphatic carbocycles. The Kier molecular flexibility index (Phi) is 4.52. The van der Waals surface area contributed by atoms with Crippen LogP contribution in [0.25, 0.3) is 0 Å². The van der Waals surface area contributed by atoms with E-state index in [1.807, 2.05) is 0 Å². The van der Waals surface area contributed by atoms with Crippen molar-refractivity contribution < 1.29 is 4.79 Å². The Hall–Kier alpha value is -0.730. The summed E-state index contributed by atoms with van der Waals surface area (Å²) in [4.78, 5) is 16.6. The molecule has 2 rings (SSSR count). The lowest BCUT2D eigenvalue weighted by Crippen LogP contribution is -2.48. The number of hydrogen-bond donors (Lipinski definition) is 0. The highest BCUT2D eigenvalue weighted by Crippen LogP contribution is 2.34. The second-order valence-corrected chi connectivity index (χ2v) is 6.34. The van der Waals surface area contributed by atoms with E-state index >= 15 is 0 Å². The molecule has 2 fully saturated rings. The molecule has 0 atom stereocenters. The van der Waals surface area contributed by atoms with Crippen LogP contribution in [0.5, 0.6) is 0 Å². The van der Waals surface area contributed by atoms with E-state index in [0.29, 0.717) is 11.4 Å². The number of carbonyl (C=O) groups excluding carboxylic acids is 1. The first-order chi connectivity index (χ1) is 8.64. The van der Waals surface area contributed by atoms with Crippen molar-refractivity contribution in [2.24, 2.45) is 5.41 Å². The number of nitrogens with zero attached hydrogens (tertiary/aromatic N) is 2. The van der Waals surface area contributed by atoms with Crippen LogP contribution in [-0.4, -0.2) is 42.0 Å². The van der Waals surface area contributed by atoms with Crippen LogP contribution in [0.3, 0.4) is 0 Å². The number of likely N-dealkylation sites (tertiary alicyclic amines) is 2. The van der Waals surface area contributed by atoms with E-state index in [-0.39, 0.29) is 0 Å². The summed E-state index contributed by atoms with van der Waals surface area (Å²) in [6.45, 7) is 8.49. The summed E-state index contributed by atoms with van der Waals surface area (Å²) in [6, 6.07) is 0.301. The van der Waals surface area contributed by atoms with E-state index in [1.165, 1.54) is 44.9 Å². The van der Waals surface area contributed by atoms with Gasteiger partial charge in [-0.3, -0.25) is 0 Å². The third-order valence-electron chi connectivity index (χ3n) is 4.97. The molecule has 2 saturated heterocycles. The summed E-state index contributed by atoms with van der Waals surface area (Å²) in [6.07, 6.45) is 8.53. The van der Waals surface area contributed by atoms with Crippen molar-refractivity contribution in [3.63, 3.8) is 0 Å². The lowest BCUT2D eigenvalue weighted by atomic mass is 9.78. The van der Waals surface area contributed by atoms with Crippen LogP contribution in [0.15, 0.2) is 0 Å².